The van der Waals surface area contributed by atoms with Crippen LogP contribution in [0.2, 0.25) is 0 Å². The van der Waals surface area contributed by atoms with Gasteiger partial charge in [-0.25, -0.2) is 4.98 Å². The van der Waals surface area contributed by atoms with Crippen LogP contribution >= 0.6 is 0 Å². The number of fused-ring (bicyclic) bond motifs is 1. The molecule has 0 radical (unpaired) electrons. The number of hydrogen-bond donors (Lipinski definition) is 0. The summed E-state index contributed by atoms with van der Waals surface area (Å²) in [5.41, 5.74) is 5.04. The molecule has 0 aliphatic carbocycles. The van der Waals surface area contributed by atoms with E-state index in [1.807, 2.05) is 0 Å². The summed E-state index contributed by atoms with van der Waals surface area (Å²) in [6.45, 7) is 7.57. The van der Waals surface area contributed by atoms with E-state index >= 15 is 0 Å². The molecule has 0 fully saturated rings. The first-order chi connectivity index (χ1) is 10.1. The Morgan fingerprint density at radius 2 is 1.71 bits per heavy atom. The molecule has 108 valence electrons. The minimum atomic E-state index is 0.609. The Morgan fingerprint density at radius 1 is 1.00 bits per heavy atom. The Bertz CT molecular complexity index is 753. The van der Waals surface area contributed by atoms with Gasteiger partial charge < -0.3 is 4.57 Å². The lowest BCUT2D eigenvalue weighted by Crippen LogP contribution is -2.08. The van der Waals surface area contributed by atoms with Gasteiger partial charge in [0.15, 0.2) is 0 Å². The van der Waals surface area contributed by atoms with Gasteiger partial charge in [0.2, 0.25) is 0 Å². The van der Waals surface area contributed by atoms with Crippen molar-refractivity contribution in [1.29, 1.82) is 0 Å². The third-order valence-electron chi connectivity index (χ3n) is 3.91. The third kappa shape index (κ3) is 2.85. The summed E-state index contributed by atoms with van der Waals surface area (Å²) in [4.78, 5) is 4.84. The Balaban J connectivity index is 2.09. The summed E-state index contributed by atoms with van der Waals surface area (Å²) in [6, 6.07) is 17.0. The molecule has 2 heteroatoms. The van der Waals surface area contributed by atoms with E-state index in [0.29, 0.717) is 5.92 Å². The lowest BCUT2D eigenvalue weighted by Gasteiger charge is -2.12. The molecule has 2 aromatic carbocycles. The van der Waals surface area contributed by atoms with Crippen LogP contribution in [0.15, 0.2) is 48.5 Å². The van der Waals surface area contributed by atoms with E-state index < -0.39 is 0 Å². The Morgan fingerprint density at radius 3 is 2.48 bits per heavy atom. The van der Waals surface area contributed by atoms with E-state index in [4.69, 9.17) is 4.98 Å². The van der Waals surface area contributed by atoms with Crippen LogP contribution in [0.1, 0.15) is 30.8 Å². The van der Waals surface area contributed by atoms with Crippen molar-refractivity contribution in [3.05, 3.63) is 65.5 Å². The molecule has 0 spiro atoms. The molecule has 2 nitrogen and oxygen atoms in total. The van der Waals surface area contributed by atoms with E-state index in [0.717, 1.165) is 18.5 Å². The molecule has 0 atom stereocenters. The van der Waals surface area contributed by atoms with E-state index in [1.165, 1.54) is 22.5 Å². The minimum Gasteiger partial charge on any atom is -0.323 e. The maximum absolute atomic E-state index is 4.84. The first-order valence-electron chi connectivity index (χ1n) is 7.64. The van der Waals surface area contributed by atoms with Crippen LogP contribution in [0.25, 0.3) is 11.0 Å². The van der Waals surface area contributed by atoms with Crippen molar-refractivity contribution < 1.29 is 0 Å². The zero-order chi connectivity index (χ0) is 14.8. The number of hydrogen-bond acceptors (Lipinski definition) is 1. The molecule has 0 N–H and O–H groups in total. The summed E-state index contributed by atoms with van der Waals surface area (Å²) in [6.07, 6.45) is 1.01. The maximum Gasteiger partial charge on any atom is 0.110 e. The average molecular weight is 278 g/mol. The molecular formula is C19H22N2. The summed E-state index contributed by atoms with van der Waals surface area (Å²) >= 11 is 0. The monoisotopic (exact) mass is 278 g/mol. The fourth-order valence-corrected chi connectivity index (χ4v) is 2.78. The van der Waals surface area contributed by atoms with Crippen molar-refractivity contribution in [2.75, 3.05) is 0 Å². The van der Waals surface area contributed by atoms with Crippen LogP contribution in [0.4, 0.5) is 0 Å². The Labute approximate surface area is 126 Å². The van der Waals surface area contributed by atoms with Crippen molar-refractivity contribution in [2.45, 2.75) is 33.7 Å². The lowest BCUT2D eigenvalue weighted by molar-refractivity contribution is 0.594. The van der Waals surface area contributed by atoms with Crippen molar-refractivity contribution in [3.63, 3.8) is 0 Å². The number of benzene rings is 2. The zero-order valence-electron chi connectivity index (χ0n) is 13.0. The lowest BCUT2D eigenvalue weighted by atomic mass is 10.1. The summed E-state index contributed by atoms with van der Waals surface area (Å²) in [5.74, 6) is 1.80. The van der Waals surface area contributed by atoms with Gasteiger partial charge in [0.1, 0.15) is 5.82 Å². The van der Waals surface area contributed by atoms with Crippen molar-refractivity contribution >= 4 is 11.0 Å². The van der Waals surface area contributed by atoms with Gasteiger partial charge in [0.25, 0.3) is 0 Å². The number of nitrogens with zero attached hydrogens (tertiary/aromatic N) is 2. The summed E-state index contributed by atoms with van der Waals surface area (Å²) < 4.78 is 2.37. The average Bonchev–Trinajstić information content (AvgIpc) is 2.78. The van der Waals surface area contributed by atoms with Gasteiger partial charge in [-0.3, -0.25) is 0 Å². The zero-order valence-corrected chi connectivity index (χ0v) is 13.0. The van der Waals surface area contributed by atoms with Crippen molar-refractivity contribution in [3.8, 4) is 0 Å². The second-order valence-electron chi connectivity index (χ2n) is 6.13. The topological polar surface area (TPSA) is 17.8 Å². The van der Waals surface area contributed by atoms with Gasteiger partial charge in [0.05, 0.1) is 11.0 Å². The quantitative estimate of drug-likeness (QED) is 0.682. The molecule has 0 saturated carbocycles. The van der Waals surface area contributed by atoms with Crippen LogP contribution in [0.3, 0.4) is 0 Å². The predicted octanol–water partition coefficient (Wildman–Crippen LogP) is 4.59. The first-order valence-corrected chi connectivity index (χ1v) is 7.64. The number of imidazole rings is 1. The van der Waals surface area contributed by atoms with E-state index in [9.17, 15) is 0 Å². The molecule has 3 rings (SSSR count). The number of para-hydroxylation sites is 2. The summed E-state index contributed by atoms with van der Waals surface area (Å²) in [7, 11) is 0. The minimum absolute atomic E-state index is 0.609. The van der Waals surface area contributed by atoms with Gasteiger partial charge in [-0.2, -0.15) is 0 Å². The highest BCUT2D eigenvalue weighted by molar-refractivity contribution is 5.76. The Kier molecular flexibility index (Phi) is 3.78. The van der Waals surface area contributed by atoms with Crippen LogP contribution in [-0.4, -0.2) is 9.55 Å². The molecule has 21 heavy (non-hydrogen) atoms. The fraction of sp³-hybridized carbons (Fsp3) is 0.316. The van der Waals surface area contributed by atoms with E-state index in [1.54, 1.807) is 0 Å². The predicted molar refractivity (Wildman–Crippen MR) is 88.6 cm³/mol. The van der Waals surface area contributed by atoms with Gasteiger partial charge >= 0.3 is 0 Å². The highest BCUT2D eigenvalue weighted by atomic mass is 15.1. The number of aromatic nitrogens is 2. The van der Waals surface area contributed by atoms with Crippen molar-refractivity contribution in [1.82, 2.24) is 9.55 Å². The Hall–Kier alpha value is -2.09. The second-order valence-corrected chi connectivity index (χ2v) is 6.13. The molecular weight excluding hydrogens is 256 g/mol. The van der Waals surface area contributed by atoms with Crippen LogP contribution in [0.5, 0.6) is 0 Å². The van der Waals surface area contributed by atoms with Gasteiger partial charge in [-0.15, -0.1) is 0 Å². The molecule has 0 bridgehead atoms. The van der Waals surface area contributed by atoms with Gasteiger partial charge in [-0.05, 0) is 36.1 Å². The molecule has 1 aromatic heterocycles. The molecule has 1 heterocycles. The molecule has 0 amide bonds. The largest absolute Gasteiger partial charge is 0.323 e. The van der Waals surface area contributed by atoms with Gasteiger partial charge in [0, 0.05) is 13.0 Å². The molecule has 3 aromatic rings. The highest BCUT2D eigenvalue weighted by Gasteiger charge is 2.12. The number of aryl methyl sites for hydroxylation is 1. The fourth-order valence-electron chi connectivity index (χ4n) is 2.78. The smallest absolute Gasteiger partial charge is 0.110 e. The highest BCUT2D eigenvalue weighted by Crippen LogP contribution is 2.21. The summed E-state index contributed by atoms with van der Waals surface area (Å²) in [5, 5.41) is 0. The molecule has 0 saturated heterocycles. The van der Waals surface area contributed by atoms with Gasteiger partial charge in [-0.1, -0.05) is 50.2 Å². The number of rotatable bonds is 4. The molecule has 0 aliphatic rings. The second kappa shape index (κ2) is 5.72. The maximum atomic E-state index is 4.84. The van der Waals surface area contributed by atoms with Crippen molar-refractivity contribution in [2.24, 2.45) is 5.92 Å². The molecule has 0 unspecified atom stereocenters. The first kappa shape index (κ1) is 13.9. The standard InChI is InChI=1S/C19H22N2/c1-14(2)12-19-20-17-10-6-7-11-18(17)21(19)13-16-9-5-4-8-15(16)3/h4-11,14H,12-13H2,1-3H3. The van der Waals surface area contributed by atoms with Crippen LogP contribution in [-0.2, 0) is 13.0 Å². The third-order valence-corrected chi connectivity index (χ3v) is 3.91. The van der Waals surface area contributed by atoms with Crippen LogP contribution in [0, 0.1) is 12.8 Å². The van der Waals surface area contributed by atoms with E-state index in [-0.39, 0.29) is 0 Å². The normalized spacial score (nSPS) is 11.4. The SMILES string of the molecule is Cc1ccccc1Cn1c(CC(C)C)nc2ccccc21. The van der Waals surface area contributed by atoms with Crippen LogP contribution < -0.4 is 0 Å². The van der Waals surface area contributed by atoms with E-state index in [2.05, 4.69) is 73.9 Å². The molecule has 0 aliphatic heterocycles.